The minimum Gasteiger partial charge on any atom is -0.318 e. The molecule has 0 spiro atoms. The summed E-state index contributed by atoms with van der Waals surface area (Å²) in [5, 5.41) is 4.16. The molecule has 2 rings (SSSR count). The fourth-order valence-electron chi connectivity index (χ4n) is 2.93. The Morgan fingerprint density at radius 2 is 1.95 bits per heavy atom. The molecule has 3 atom stereocenters. The molecule has 0 bridgehead atoms. The maximum Gasteiger partial charge on any atom is 0.241 e. The SMILES string of the molecule is CCC1NC(c2ccc(Cl)cc2)N(C(C)CN(C)C)C1=O. The van der Waals surface area contributed by atoms with E-state index in [4.69, 9.17) is 11.6 Å². The quantitative estimate of drug-likeness (QED) is 0.908. The standard InChI is InChI=1S/C16H24ClN3O/c1-5-14-16(21)20(11(2)10-19(3)4)15(18-14)12-6-8-13(17)9-7-12/h6-9,11,14-15,18H,5,10H2,1-4H3. The summed E-state index contributed by atoms with van der Waals surface area (Å²) in [6.45, 7) is 4.98. The van der Waals surface area contributed by atoms with E-state index in [0.717, 1.165) is 18.5 Å². The molecule has 1 amide bonds. The molecule has 4 nitrogen and oxygen atoms in total. The van der Waals surface area contributed by atoms with Crippen LogP contribution in [0.2, 0.25) is 5.02 Å². The maximum absolute atomic E-state index is 12.6. The van der Waals surface area contributed by atoms with Crippen molar-refractivity contribution >= 4 is 17.5 Å². The van der Waals surface area contributed by atoms with Crippen LogP contribution in [0, 0.1) is 0 Å². The Hall–Kier alpha value is -1.10. The van der Waals surface area contributed by atoms with Gasteiger partial charge in [-0.3, -0.25) is 10.1 Å². The predicted octanol–water partition coefficient (Wildman–Crippen LogP) is 2.50. The summed E-state index contributed by atoms with van der Waals surface area (Å²) in [4.78, 5) is 16.7. The molecule has 0 radical (unpaired) electrons. The molecular weight excluding hydrogens is 286 g/mol. The highest BCUT2D eigenvalue weighted by atomic mass is 35.5. The highest BCUT2D eigenvalue weighted by Crippen LogP contribution is 2.29. The highest BCUT2D eigenvalue weighted by Gasteiger charge is 2.40. The van der Waals surface area contributed by atoms with Gasteiger partial charge in [0.05, 0.1) is 6.04 Å². The van der Waals surface area contributed by atoms with Gasteiger partial charge in [-0.25, -0.2) is 0 Å². The minimum atomic E-state index is -0.102. The Bertz CT molecular complexity index is 489. The molecule has 1 aromatic carbocycles. The molecule has 0 aliphatic carbocycles. The summed E-state index contributed by atoms with van der Waals surface area (Å²) in [6, 6.07) is 7.77. The molecule has 1 N–H and O–H groups in total. The first-order chi connectivity index (χ1) is 9.93. The molecular formula is C16H24ClN3O. The molecule has 1 aliphatic heterocycles. The van der Waals surface area contributed by atoms with Crippen LogP contribution >= 0.6 is 11.6 Å². The lowest BCUT2D eigenvalue weighted by atomic mass is 10.1. The Labute approximate surface area is 132 Å². The maximum atomic E-state index is 12.6. The Morgan fingerprint density at radius 3 is 2.48 bits per heavy atom. The van der Waals surface area contributed by atoms with Crippen LogP contribution < -0.4 is 5.32 Å². The van der Waals surface area contributed by atoms with Gasteiger partial charge in [0.2, 0.25) is 5.91 Å². The number of halogens is 1. The van der Waals surface area contributed by atoms with E-state index in [0.29, 0.717) is 5.02 Å². The number of carbonyl (C=O) groups excluding carboxylic acids is 1. The van der Waals surface area contributed by atoms with Crippen molar-refractivity contribution in [3.8, 4) is 0 Å². The van der Waals surface area contributed by atoms with E-state index >= 15 is 0 Å². The zero-order valence-corrected chi connectivity index (χ0v) is 13.9. The zero-order chi connectivity index (χ0) is 15.6. The number of hydrogen-bond acceptors (Lipinski definition) is 3. The molecule has 1 aromatic rings. The van der Waals surface area contributed by atoms with Crippen molar-refractivity contribution in [2.45, 2.75) is 38.5 Å². The van der Waals surface area contributed by atoms with E-state index in [-0.39, 0.29) is 24.2 Å². The van der Waals surface area contributed by atoms with E-state index in [2.05, 4.69) is 17.1 Å². The average molecular weight is 310 g/mol. The number of hydrogen-bond donors (Lipinski definition) is 1. The monoisotopic (exact) mass is 309 g/mol. The molecule has 1 saturated heterocycles. The molecule has 3 unspecified atom stereocenters. The molecule has 0 saturated carbocycles. The van der Waals surface area contributed by atoms with Crippen molar-refractivity contribution in [2.75, 3.05) is 20.6 Å². The van der Waals surface area contributed by atoms with Crippen LogP contribution in [0.4, 0.5) is 0 Å². The third-order valence-electron chi connectivity index (χ3n) is 3.89. The number of amides is 1. The third-order valence-corrected chi connectivity index (χ3v) is 4.14. The zero-order valence-electron chi connectivity index (χ0n) is 13.1. The van der Waals surface area contributed by atoms with Gasteiger partial charge in [-0.15, -0.1) is 0 Å². The van der Waals surface area contributed by atoms with Crippen LogP contribution in [0.5, 0.6) is 0 Å². The average Bonchev–Trinajstić information content (AvgIpc) is 2.75. The van der Waals surface area contributed by atoms with Gasteiger partial charge in [-0.1, -0.05) is 30.7 Å². The lowest BCUT2D eigenvalue weighted by molar-refractivity contribution is -0.132. The van der Waals surface area contributed by atoms with Gasteiger partial charge in [0.1, 0.15) is 6.17 Å². The van der Waals surface area contributed by atoms with Crippen molar-refractivity contribution in [2.24, 2.45) is 0 Å². The number of nitrogens with one attached hydrogen (secondary N) is 1. The second-order valence-corrected chi connectivity index (χ2v) is 6.37. The van der Waals surface area contributed by atoms with Gasteiger partial charge in [-0.2, -0.15) is 0 Å². The smallest absolute Gasteiger partial charge is 0.241 e. The van der Waals surface area contributed by atoms with E-state index in [1.807, 2.05) is 50.2 Å². The fourth-order valence-corrected chi connectivity index (χ4v) is 3.06. The topological polar surface area (TPSA) is 35.6 Å². The van der Waals surface area contributed by atoms with Gasteiger partial charge in [-0.05, 0) is 45.1 Å². The first-order valence-corrected chi connectivity index (χ1v) is 7.80. The predicted molar refractivity (Wildman–Crippen MR) is 86.3 cm³/mol. The number of nitrogens with zero attached hydrogens (tertiary/aromatic N) is 2. The minimum absolute atomic E-state index is 0.0744. The van der Waals surface area contributed by atoms with Crippen LogP contribution in [0.1, 0.15) is 32.0 Å². The molecule has 1 heterocycles. The highest BCUT2D eigenvalue weighted by molar-refractivity contribution is 6.30. The summed E-state index contributed by atoms with van der Waals surface area (Å²) in [6.07, 6.45) is 0.725. The van der Waals surface area contributed by atoms with Crippen LogP contribution in [0.3, 0.4) is 0 Å². The van der Waals surface area contributed by atoms with Crippen LogP contribution in [0.15, 0.2) is 24.3 Å². The normalized spacial score (nSPS) is 23.9. The van der Waals surface area contributed by atoms with Crippen molar-refractivity contribution in [1.82, 2.24) is 15.1 Å². The fraction of sp³-hybridized carbons (Fsp3) is 0.562. The number of carbonyl (C=O) groups is 1. The Morgan fingerprint density at radius 1 is 1.33 bits per heavy atom. The summed E-state index contributed by atoms with van der Waals surface area (Å²) in [7, 11) is 4.05. The lowest BCUT2D eigenvalue weighted by Gasteiger charge is -2.32. The van der Waals surface area contributed by atoms with Gasteiger partial charge in [0.15, 0.2) is 0 Å². The molecule has 5 heteroatoms. The van der Waals surface area contributed by atoms with Gasteiger partial charge < -0.3 is 9.80 Å². The summed E-state index contributed by atoms with van der Waals surface area (Å²) < 4.78 is 0. The van der Waals surface area contributed by atoms with E-state index in [1.54, 1.807) is 0 Å². The van der Waals surface area contributed by atoms with Gasteiger partial charge in [0.25, 0.3) is 0 Å². The molecule has 21 heavy (non-hydrogen) atoms. The largest absolute Gasteiger partial charge is 0.318 e. The van der Waals surface area contributed by atoms with Crippen LogP contribution in [0.25, 0.3) is 0 Å². The second kappa shape index (κ2) is 6.77. The third kappa shape index (κ3) is 3.57. The van der Waals surface area contributed by atoms with Gasteiger partial charge in [0, 0.05) is 17.6 Å². The second-order valence-electron chi connectivity index (χ2n) is 5.94. The first-order valence-electron chi connectivity index (χ1n) is 7.42. The number of likely N-dealkylation sites (N-methyl/N-ethyl adjacent to an activating group) is 1. The molecule has 116 valence electrons. The lowest BCUT2D eigenvalue weighted by Crippen LogP contribution is -2.43. The summed E-state index contributed by atoms with van der Waals surface area (Å²) in [5.41, 5.74) is 1.08. The van der Waals surface area contributed by atoms with Gasteiger partial charge >= 0.3 is 0 Å². The first kappa shape index (κ1) is 16.3. The van der Waals surface area contributed by atoms with E-state index in [9.17, 15) is 4.79 Å². The van der Waals surface area contributed by atoms with Crippen LogP contribution in [-0.2, 0) is 4.79 Å². The number of rotatable bonds is 5. The Balaban J connectivity index is 2.27. The molecule has 1 fully saturated rings. The molecule has 0 aromatic heterocycles. The van der Waals surface area contributed by atoms with Crippen molar-refractivity contribution in [1.29, 1.82) is 0 Å². The van der Waals surface area contributed by atoms with Crippen molar-refractivity contribution < 1.29 is 4.79 Å². The molecule has 1 aliphatic rings. The van der Waals surface area contributed by atoms with E-state index in [1.165, 1.54) is 0 Å². The van der Waals surface area contributed by atoms with E-state index < -0.39 is 0 Å². The van der Waals surface area contributed by atoms with Crippen molar-refractivity contribution in [3.63, 3.8) is 0 Å². The van der Waals surface area contributed by atoms with Crippen LogP contribution in [-0.4, -0.2) is 48.4 Å². The summed E-state index contributed by atoms with van der Waals surface area (Å²) in [5.74, 6) is 0.187. The Kier molecular flexibility index (Phi) is 5.25. The number of benzene rings is 1. The summed E-state index contributed by atoms with van der Waals surface area (Å²) >= 11 is 5.96. The van der Waals surface area contributed by atoms with Crippen molar-refractivity contribution in [3.05, 3.63) is 34.9 Å².